The molecule has 0 bridgehead atoms. The Morgan fingerprint density at radius 2 is 1.75 bits per heavy atom. The molecule has 2 heteroatoms. The van der Waals surface area contributed by atoms with Gasteiger partial charge < -0.3 is 5.32 Å². The Morgan fingerprint density at radius 1 is 1.00 bits per heavy atom. The molecule has 0 saturated heterocycles. The lowest BCUT2D eigenvalue weighted by molar-refractivity contribution is 0.583. The predicted molar refractivity (Wildman–Crippen MR) is 82.6 cm³/mol. The van der Waals surface area contributed by atoms with Gasteiger partial charge in [0.1, 0.15) is 5.82 Å². The normalized spacial score (nSPS) is 12.4. The lowest BCUT2D eigenvalue weighted by Gasteiger charge is -2.20. The average molecular weight is 271 g/mol. The summed E-state index contributed by atoms with van der Waals surface area (Å²) in [5.41, 5.74) is 6.06. The molecule has 2 aromatic carbocycles. The lowest BCUT2D eigenvalue weighted by atomic mass is 9.92. The maximum Gasteiger partial charge on any atom is 0.123 e. The highest BCUT2D eigenvalue weighted by atomic mass is 19.1. The highest BCUT2D eigenvalue weighted by Crippen LogP contribution is 2.24. The molecule has 20 heavy (non-hydrogen) atoms. The Balaban J connectivity index is 2.31. The second kappa shape index (κ2) is 6.19. The van der Waals surface area contributed by atoms with Gasteiger partial charge in [0.05, 0.1) is 0 Å². The fourth-order valence-corrected chi connectivity index (χ4v) is 2.61. The van der Waals surface area contributed by atoms with Gasteiger partial charge >= 0.3 is 0 Å². The van der Waals surface area contributed by atoms with Gasteiger partial charge in [-0.05, 0) is 68.6 Å². The van der Waals surface area contributed by atoms with Crippen LogP contribution in [0.3, 0.4) is 0 Å². The van der Waals surface area contributed by atoms with Crippen molar-refractivity contribution < 1.29 is 4.39 Å². The van der Waals surface area contributed by atoms with Gasteiger partial charge in [-0.3, -0.25) is 0 Å². The molecule has 2 rings (SSSR count). The van der Waals surface area contributed by atoms with Crippen molar-refractivity contribution in [3.63, 3.8) is 0 Å². The summed E-state index contributed by atoms with van der Waals surface area (Å²) in [7, 11) is 1.98. The Labute approximate surface area is 120 Å². The summed E-state index contributed by atoms with van der Waals surface area (Å²) < 4.78 is 13.2. The third kappa shape index (κ3) is 3.26. The number of likely N-dealkylation sites (N-methyl/N-ethyl adjacent to an activating group) is 1. The third-order valence-corrected chi connectivity index (χ3v) is 3.89. The number of rotatable bonds is 4. The summed E-state index contributed by atoms with van der Waals surface area (Å²) in [4.78, 5) is 0. The summed E-state index contributed by atoms with van der Waals surface area (Å²) in [6, 6.07) is 11.8. The van der Waals surface area contributed by atoms with Crippen molar-refractivity contribution >= 4 is 0 Å². The van der Waals surface area contributed by atoms with Crippen LogP contribution in [0.1, 0.15) is 33.9 Å². The number of hydrogen-bond acceptors (Lipinski definition) is 1. The standard InChI is InChI=1S/C18H22FN/c1-12-5-6-13(2)17(9-12)18(20-4)11-15-7-8-16(19)10-14(15)3/h5-10,18,20H,11H2,1-4H3. The Hall–Kier alpha value is -1.67. The van der Waals surface area contributed by atoms with E-state index < -0.39 is 0 Å². The summed E-state index contributed by atoms with van der Waals surface area (Å²) >= 11 is 0. The van der Waals surface area contributed by atoms with Gasteiger partial charge in [-0.25, -0.2) is 4.39 Å². The number of halogens is 1. The zero-order valence-electron chi connectivity index (χ0n) is 12.6. The van der Waals surface area contributed by atoms with E-state index in [1.54, 1.807) is 6.07 Å². The summed E-state index contributed by atoms with van der Waals surface area (Å²) in [6.45, 7) is 6.21. The molecular formula is C18H22FN. The van der Waals surface area contributed by atoms with E-state index in [0.717, 1.165) is 12.0 Å². The Morgan fingerprint density at radius 3 is 2.40 bits per heavy atom. The van der Waals surface area contributed by atoms with E-state index in [4.69, 9.17) is 0 Å². The second-order valence-corrected chi connectivity index (χ2v) is 5.48. The molecule has 0 spiro atoms. The molecule has 0 aliphatic heterocycles. The van der Waals surface area contributed by atoms with Crippen LogP contribution in [0.15, 0.2) is 36.4 Å². The Bertz CT molecular complexity index is 604. The first kappa shape index (κ1) is 14.7. The van der Waals surface area contributed by atoms with Crippen molar-refractivity contribution in [2.75, 3.05) is 7.05 Å². The van der Waals surface area contributed by atoms with Crippen LogP contribution in [0.2, 0.25) is 0 Å². The maximum atomic E-state index is 13.2. The predicted octanol–water partition coefficient (Wildman–Crippen LogP) is 4.25. The number of benzene rings is 2. The molecule has 106 valence electrons. The molecule has 0 aromatic heterocycles. The minimum absolute atomic E-state index is 0.168. The molecule has 0 amide bonds. The fraction of sp³-hybridized carbons (Fsp3) is 0.333. The van der Waals surface area contributed by atoms with E-state index in [0.29, 0.717) is 0 Å². The van der Waals surface area contributed by atoms with Crippen molar-refractivity contribution in [3.8, 4) is 0 Å². The first-order chi connectivity index (χ1) is 9.51. The largest absolute Gasteiger partial charge is 0.313 e. The number of aryl methyl sites for hydroxylation is 3. The van der Waals surface area contributed by atoms with Crippen LogP contribution >= 0.6 is 0 Å². The van der Waals surface area contributed by atoms with Crippen molar-refractivity contribution in [2.24, 2.45) is 0 Å². The molecule has 0 fully saturated rings. The van der Waals surface area contributed by atoms with E-state index in [1.165, 1.54) is 28.3 Å². The van der Waals surface area contributed by atoms with Gasteiger partial charge in [0.25, 0.3) is 0 Å². The third-order valence-electron chi connectivity index (χ3n) is 3.89. The first-order valence-corrected chi connectivity index (χ1v) is 7.00. The van der Waals surface area contributed by atoms with Crippen LogP contribution in [0.5, 0.6) is 0 Å². The minimum Gasteiger partial charge on any atom is -0.313 e. The molecule has 0 saturated carbocycles. The van der Waals surface area contributed by atoms with Crippen LogP contribution in [-0.2, 0) is 6.42 Å². The maximum absolute atomic E-state index is 13.2. The number of nitrogens with one attached hydrogen (secondary N) is 1. The van der Waals surface area contributed by atoms with Crippen LogP contribution in [-0.4, -0.2) is 7.05 Å². The van der Waals surface area contributed by atoms with Crippen molar-refractivity contribution in [3.05, 3.63) is 70.0 Å². The highest BCUT2D eigenvalue weighted by Gasteiger charge is 2.14. The van der Waals surface area contributed by atoms with Gasteiger partial charge in [-0.15, -0.1) is 0 Å². The summed E-state index contributed by atoms with van der Waals surface area (Å²) in [6.07, 6.45) is 0.868. The molecule has 0 radical (unpaired) electrons. The highest BCUT2D eigenvalue weighted by molar-refractivity contribution is 5.35. The van der Waals surface area contributed by atoms with Crippen LogP contribution in [0.25, 0.3) is 0 Å². The van der Waals surface area contributed by atoms with Gasteiger partial charge in [-0.2, -0.15) is 0 Å². The van der Waals surface area contributed by atoms with Crippen molar-refractivity contribution in [1.82, 2.24) is 5.32 Å². The van der Waals surface area contributed by atoms with Crippen molar-refractivity contribution in [1.29, 1.82) is 0 Å². The van der Waals surface area contributed by atoms with E-state index in [2.05, 4.69) is 37.4 Å². The van der Waals surface area contributed by atoms with Gasteiger partial charge in [0.2, 0.25) is 0 Å². The number of hydrogen-bond donors (Lipinski definition) is 1. The minimum atomic E-state index is -0.168. The monoisotopic (exact) mass is 271 g/mol. The van der Waals surface area contributed by atoms with Gasteiger partial charge in [0.15, 0.2) is 0 Å². The topological polar surface area (TPSA) is 12.0 Å². The molecule has 0 aliphatic rings. The fourth-order valence-electron chi connectivity index (χ4n) is 2.61. The van der Waals surface area contributed by atoms with E-state index in [9.17, 15) is 4.39 Å². The quantitative estimate of drug-likeness (QED) is 0.876. The molecule has 0 heterocycles. The van der Waals surface area contributed by atoms with Crippen LogP contribution in [0.4, 0.5) is 4.39 Å². The molecule has 1 N–H and O–H groups in total. The lowest BCUT2D eigenvalue weighted by Crippen LogP contribution is -2.20. The van der Waals surface area contributed by atoms with E-state index >= 15 is 0 Å². The second-order valence-electron chi connectivity index (χ2n) is 5.48. The zero-order valence-corrected chi connectivity index (χ0v) is 12.6. The van der Waals surface area contributed by atoms with Crippen LogP contribution < -0.4 is 5.32 Å². The smallest absolute Gasteiger partial charge is 0.123 e. The van der Waals surface area contributed by atoms with Crippen LogP contribution in [0, 0.1) is 26.6 Å². The van der Waals surface area contributed by atoms with Gasteiger partial charge in [-0.1, -0.05) is 29.8 Å². The molecule has 1 nitrogen and oxygen atoms in total. The van der Waals surface area contributed by atoms with Crippen molar-refractivity contribution in [2.45, 2.75) is 33.2 Å². The molecule has 2 aromatic rings. The first-order valence-electron chi connectivity index (χ1n) is 7.00. The summed E-state index contributed by atoms with van der Waals surface area (Å²) in [5.74, 6) is -0.168. The Kier molecular flexibility index (Phi) is 4.56. The van der Waals surface area contributed by atoms with E-state index in [-0.39, 0.29) is 11.9 Å². The zero-order chi connectivity index (χ0) is 14.7. The van der Waals surface area contributed by atoms with E-state index in [1.807, 2.05) is 20.0 Å². The molecule has 1 atom stereocenters. The van der Waals surface area contributed by atoms with Gasteiger partial charge in [0, 0.05) is 6.04 Å². The molecule has 0 aliphatic carbocycles. The molecular weight excluding hydrogens is 249 g/mol. The molecule has 1 unspecified atom stereocenters. The SMILES string of the molecule is CNC(Cc1ccc(F)cc1C)c1cc(C)ccc1C. The average Bonchev–Trinajstić information content (AvgIpc) is 2.41. The summed E-state index contributed by atoms with van der Waals surface area (Å²) in [5, 5.41) is 3.38.